The second kappa shape index (κ2) is 7.83. The van der Waals surface area contributed by atoms with Crippen LogP contribution < -0.4 is 5.32 Å². The molecule has 2 rings (SSSR count). The summed E-state index contributed by atoms with van der Waals surface area (Å²) in [6.07, 6.45) is 1.09. The van der Waals surface area contributed by atoms with Crippen molar-refractivity contribution in [2.24, 2.45) is 0 Å². The fourth-order valence-corrected chi connectivity index (χ4v) is 2.34. The molecule has 0 saturated carbocycles. The van der Waals surface area contributed by atoms with Crippen molar-refractivity contribution in [2.45, 2.75) is 33.0 Å². The molecule has 0 aliphatic heterocycles. The third kappa shape index (κ3) is 4.19. The van der Waals surface area contributed by atoms with E-state index in [-0.39, 0.29) is 0 Å². The monoisotopic (exact) mass is 269 g/mol. The van der Waals surface area contributed by atoms with E-state index in [1.165, 1.54) is 22.3 Å². The zero-order valence-corrected chi connectivity index (χ0v) is 12.4. The third-order valence-corrected chi connectivity index (χ3v) is 3.48. The number of hydrogen-bond donors (Lipinski definition) is 1. The minimum absolute atomic E-state index is 0.678. The average molecular weight is 269 g/mol. The molecule has 0 unspecified atom stereocenters. The lowest BCUT2D eigenvalue weighted by molar-refractivity contribution is 0.185. The van der Waals surface area contributed by atoms with E-state index in [2.05, 4.69) is 60.8 Å². The van der Waals surface area contributed by atoms with Gasteiger partial charge in [0.2, 0.25) is 0 Å². The minimum Gasteiger partial charge on any atom is -0.380 e. The van der Waals surface area contributed by atoms with Crippen molar-refractivity contribution in [1.82, 2.24) is 5.32 Å². The van der Waals surface area contributed by atoms with Crippen LogP contribution in [0.25, 0.3) is 0 Å². The Hall–Kier alpha value is -1.64. The lowest BCUT2D eigenvalue weighted by atomic mass is 10.1. The molecule has 1 N–H and O–H groups in total. The van der Waals surface area contributed by atoms with Crippen LogP contribution in [0.5, 0.6) is 0 Å². The van der Waals surface area contributed by atoms with Crippen molar-refractivity contribution in [2.75, 3.05) is 7.11 Å². The number of nitrogens with one attached hydrogen (secondary N) is 1. The van der Waals surface area contributed by atoms with Gasteiger partial charge in [-0.3, -0.25) is 0 Å². The summed E-state index contributed by atoms with van der Waals surface area (Å²) < 4.78 is 5.12. The molecule has 2 aromatic rings. The third-order valence-electron chi connectivity index (χ3n) is 3.48. The summed E-state index contributed by atoms with van der Waals surface area (Å²) in [6, 6.07) is 17.2. The van der Waals surface area contributed by atoms with Gasteiger partial charge in [0, 0.05) is 20.2 Å². The maximum absolute atomic E-state index is 5.12. The highest BCUT2D eigenvalue weighted by atomic mass is 16.5. The van der Waals surface area contributed by atoms with Gasteiger partial charge in [-0.05, 0) is 28.7 Å². The summed E-state index contributed by atoms with van der Waals surface area (Å²) in [5.41, 5.74) is 5.34. The molecule has 20 heavy (non-hydrogen) atoms. The van der Waals surface area contributed by atoms with Gasteiger partial charge in [-0.1, -0.05) is 55.5 Å². The van der Waals surface area contributed by atoms with Crippen molar-refractivity contribution >= 4 is 0 Å². The van der Waals surface area contributed by atoms with Crippen LogP contribution in [0.1, 0.15) is 29.2 Å². The predicted octanol–water partition coefficient (Wildman–Crippen LogP) is 3.69. The van der Waals surface area contributed by atoms with Gasteiger partial charge < -0.3 is 10.1 Å². The largest absolute Gasteiger partial charge is 0.380 e. The van der Waals surface area contributed by atoms with Crippen LogP contribution in [0.15, 0.2) is 48.5 Å². The zero-order valence-electron chi connectivity index (χ0n) is 12.4. The number of aryl methyl sites for hydroxylation is 1. The maximum Gasteiger partial charge on any atom is 0.0713 e. The van der Waals surface area contributed by atoms with E-state index in [4.69, 9.17) is 4.74 Å². The van der Waals surface area contributed by atoms with Gasteiger partial charge in [0.05, 0.1) is 6.61 Å². The second-order valence-electron chi connectivity index (χ2n) is 4.98. The molecule has 0 amide bonds. The average Bonchev–Trinajstić information content (AvgIpc) is 2.50. The van der Waals surface area contributed by atoms with E-state index in [1.54, 1.807) is 7.11 Å². The summed E-state index contributed by atoms with van der Waals surface area (Å²) in [6.45, 7) is 4.69. The van der Waals surface area contributed by atoms with Crippen molar-refractivity contribution in [3.8, 4) is 0 Å². The fraction of sp³-hybridized carbons (Fsp3) is 0.333. The highest BCUT2D eigenvalue weighted by Crippen LogP contribution is 2.10. The van der Waals surface area contributed by atoms with Crippen LogP contribution in [-0.2, 0) is 30.9 Å². The van der Waals surface area contributed by atoms with E-state index in [1.807, 2.05) is 0 Å². The molecule has 0 fully saturated rings. The molecular weight excluding hydrogens is 246 g/mol. The first-order valence-electron chi connectivity index (χ1n) is 7.17. The van der Waals surface area contributed by atoms with Gasteiger partial charge in [0.15, 0.2) is 0 Å². The topological polar surface area (TPSA) is 21.3 Å². The van der Waals surface area contributed by atoms with Crippen LogP contribution in [-0.4, -0.2) is 7.11 Å². The van der Waals surface area contributed by atoms with Crippen LogP contribution in [0.3, 0.4) is 0 Å². The van der Waals surface area contributed by atoms with Crippen molar-refractivity contribution in [3.05, 3.63) is 70.8 Å². The number of benzene rings is 2. The Labute approximate surface area is 121 Å². The molecule has 0 heterocycles. The first-order valence-corrected chi connectivity index (χ1v) is 7.17. The summed E-state index contributed by atoms with van der Waals surface area (Å²) in [4.78, 5) is 0. The summed E-state index contributed by atoms with van der Waals surface area (Å²) >= 11 is 0. The summed E-state index contributed by atoms with van der Waals surface area (Å²) in [7, 11) is 1.72. The van der Waals surface area contributed by atoms with E-state index < -0.39 is 0 Å². The summed E-state index contributed by atoms with van der Waals surface area (Å²) in [5.74, 6) is 0. The highest BCUT2D eigenvalue weighted by molar-refractivity contribution is 5.27. The Bertz CT molecular complexity index is 519. The Morgan fingerprint density at radius 3 is 2.15 bits per heavy atom. The van der Waals surface area contributed by atoms with Crippen LogP contribution in [0, 0.1) is 0 Å². The lowest BCUT2D eigenvalue weighted by Gasteiger charge is -2.09. The smallest absolute Gasteiger partial charge is 0.0713 e. The molecule has 2 heteroatoms. The van der Waals surface area contributed by atoms with Crippen LogP contribution in [0.4, 0.5) is 0 Å². The normalized spacial score (nSPS) is 10.7. The van der Waals surface area contributed by atoms with Gasteiger partial charge in [-0.25, -0.2) is 0 Å². The van der Waals surface area contributed by atoms with Gasteiger partial charge in [0.25, 0.3) is 0 Å². The van der Waals surface area contributed by atoms with E-state index in [0.717, 1.165) is 19.5 Å². The fourth-order valence-electron chi connectivity index (χ4n) is 2.34. The molecule has 0 atom stereocenters. The standard InChI is InChI=1S/C18H23NO/c1-3-17-6-4-5-7-18(17)13-19-12-15-8-10-16(11-9-15)14-20-2/h4-11,19H,3,12-14H2,1-2H3. The Balaban J connectivity index is 1.86. The Morgan fingerprint density at radius 1 is 0.850 bits per heavy atom. The van der Waals surface area contributed by atoms with E-state index in [0.29, 0.717) is 6.61 Å². The molecule has 0 aromatic heterocycles. The molecular formula is C18H23NO. The van der Waals surface area contributed by atoms with Crippen LogP contribution >= 0.6 is 0 Å². The second-order valence-corrected chi connectivity index (χ2v) is 4.98. The van der Waals surface area contributed by atoms with Crippen molar-refractivity contribution < 1.29 is 4.74 Å². The number of rotatable bonds is 7. The van der Waals surface area contributed by atoms with Gasteiger partial charge >= 0.3 is 0 Å². The number of ether oxygens (including phenoxy) is 1. The molecule has 0 aliphatic carbocycles. The van der Waals surface area contributed by atoms with Gasteiger partial charge in [0.1, 0.15) is 0 Å². The Kier molecular flexibility index (Phi) is 5.78. The molecule has 0 bridgehead atoms. The Morgan fingerprint density at radius 2 is 1.50 bits per heavy atom. The molecule has 0 saturated heterocycles. The zero-order chi connectivity index (χ0) is 14.2. The van der Waals surface area contributed by atoms with Gasteiger partial charge in [-0.2, -0.15) is 0 Å². The maximum atomic E-state index is 5.12. The molecule has 2 aromatic carbocycles. The van der Waals surface area contributed by atoms with E-state index >= 15 is 0 Å². The van der Waals surface area contributed by atoms with Crippen molar-refractivity contribution in [3.63, 3.8) is 0 Å². The minimum atomic E-state index is 0.678. The lowest BCUT2D eigenvalue weighted by Crippen LogP contribution is -2.13. The molecule has 106 valence electrons. The first kappa shape index (κ1) is 14.8. The van der Waals surface area contributed by atoms with Crippen LogP contribution in [0.2, 0.25) is 0 Å². The number of methoxy groups -OCH3 is 1. The van der Waals surface area contributed by atoms with E-state index in [9.17, 15) is 0 Å². The summed E-state index contributed by atoms with van der Waals surface area (Å²) in [5, 5.41) is 3.51. The molecule has 0 aliphatic rings. The number of hydrogen-bond acceptors (Lipinski definition) is 2. The molecule has 2 nitrogen and oxygen atoms in total. The quantitative estimate of drug-likeness (QED) is 0.828. The highest BCUT2D eigenvalue weighted by Gasteiger charge is 1.99. The molecule has 0 spiro atoms. The predicted molar refractivity (Wildman–Crippen MR) is 83.5 cm³/mol. The van der Waals surface area contributed by atoms with Crippen molar-refractivity contribution in [1.29, 1.82) is 0 Å². The first-order chi connectivity index (χ1) is 9.83. The van der Waals surface area contributed by atoms with Gasteiger partial charge in [-0.15, -0.1) is 0 Å². The SMILES string of the molecule is CCc1ccccc1CNCc1ccc(COC)cc1. The molecule has 0 radical (unpaired) electrons.